The highest BCUT2D eigenvalue weighted by Crippen LogP contribution is 2.38. The number of aromatic nitrogens is 2. The van der Waals surface area contributed by atoms with Gasteiger partial charge >= 0.3 is 0 Å². The van der Waals surface area contributed by atoms with Crippen LogP contribution < -0.4 is 9.64 Å². The predicted octanol–water partition coefficient (Wildman–Crippen LogP) is 4.79. The van der Waals surface area contributed by atoms with Crippen LogP contribution in [0.4, 0.5) is 5.69 Å². The molecule has 6 heteroatoms. The minimum absolute atomic E-state index is 0.0144. The molecule has 0 saturated heterocycles. The van der Waals surface area contributed by atoms with Crippen molar-refractivity contribution in [2.24, 2.45) is 0 Å². The van der Waals surface area contributed by atoms with Gasteiger partial charge in [-0.25, -0.2) is 4.98 Å². The lowest BCUT2D eigenvalue weighted by Gasteiger charge is -2.33. The van der Waals surface area contributed by atoms with E-state index in [1.807, 2.05) is 46.7 Å². The molecule has 1 amide bonds. The smallest absolute Gasteiger partial charge is 0.267 e. The number of pyridine rings is 1. The van der Waals surface area contributed by atoms with E-state index in [1.165, 1.54) is 0 Å². The molecule has 3 heterocycles. The molecule has 1 aromatic carbocycles. The van der Waals surface area contributed by atoms with Gasteiger partial charge in [-0.1, -0.05) is 19.4 Å². The molecule has 27 heavy (non-hydrogen) atoms. The number of fused-ring (bicyclic) bond motifs is 1. The second-order valence-corrected chi connectivity index (χ2v) is 7.40. The van der Waals surface area contributed by atoms with Crippen molar-refractivity contribution < 1.29 is 9.53 Å². The molecule has 3 aromatic rings. The number of hydrogen-bond donors (Lipinski definition) is 0. The summed E-state index contributed by atoms with van der Waals surface area (Å²) in [5, 5.41) is 2.91. The van der Waals surface area contributed by atoms with Gasteiger partial charge in [-0.3, -0.25) is 9.78 Å². The second kappa shape index (κ2) is 7.48. The molecule has 1 unspecified atom stereocenters. The zero-order valence-electron chi connectivity index (χ0n) is 15.4. The normalized spacial score (nSPS) is 16.1. The molecule has 1 aliphatic rings. The second-order valence-electron chi connectivity index (χ2n) is 6.54. The predicted molar refractivity (Wildman–Crippen MR) is 108 cm³/mol. The van der Waals surface area contributed by atoms with E-state index in [4.69, 9.17) is 9.72 Å². The highest BCUT2D eigenvalue weighted by molar-refractivity contribution is 7.13. The zero-order valence-corrected chi connectivity index (χ0v) is 16.2. The van der Waals surface area contributed by atoms with Crippen molar-refractivity contribution in [1.29, 1.82) is 0 Å². The summed E-state index contributed by atoms with van der Waals surface area (Å²) >= 11 is 1.57. The number of unbranched alkanes of at least 4 members (excludes halogenated alkanes) is 1. The van der Waals surface area contributed by atoms with E-state index >= 15 is 0 Å². The average molecular weight is 379 g/mol. The van der Waals surface area contributed by atoms with Gasteiger partial charge < -0.3 is 9.64 Å². The number of amides is 1. The first kappa shape index (κ1) is 17.7. The molecule has 0 fully saturated rings. The van der Waals surface area contributed by atoms with Crippen molar-refractivity contribution in [2.75, 3.05) is 11.4 Å². The van der Waals surface area contributed by atoms with E-state index in [1.54, 1.807) is 24.5 Å². The monoisotopic (exact) mass is 379 g/mol. The third-order valence-corrected chi connectivity index (χ3v) is 5.45. The Labute approximate surface area is 162 Å². The number of carbonyl (C=O) groups excluding carboxylic acids is 1. The van der Waals surface area contributed by atoms with Gasteiger partial charge in [-0.15, -0.1) is 11.3 Å². The van der Waals surface area contributed by atoms with Crippen molar-refractivity contribution in [3.63, 3.8) is 0 Å². The molecule has 2 aromatic heterocycles. The highest BCUT2D eigenvalue weighted by atomic mass is 32.1. The molecule has 0 bridgehead atoms. The molecule has 4 rings (SSSR count). The van der Waals surface area contributed by atoms with E-state index in [2.05, 4.69) is 11.9 Å². The van der Waals surface area contributed by atoms with Crippen LogP contribution in [0, 0.1) is 0 Å². The number of nitrogens with zero attached hydrogens (tertiary/aromatic N) is 3. The molecule has 0 N–H and O–H groups in total. The van der Waals surface area contributed by atoms with Gasteiger partial charge in [0.15, 0.2) is 6.10 Å². The van der Waals surface area contributed by atoms with Gasteiger partial charge in [0, 0.05) is 23.7 Å². The number of rotatable bonds is 5. The summed E-state index contributed by atoms with van der Waals surface area (Å²) in [4.78, 5) is 23.6. The van der Waals surface area contributed by atoms with Crippen molar-refractivity contribution in [3.8, 4) is 27.7 Å². The molecule has 0 spiro atoms. The van der Waals surface area contributed by atoms with Crippen molar-refractivity contribution in [3.05, 3.63) is 48.0 Å². The van der Waals surface area contributed by atoms with Gasteiger partial charge in [0.25, 0.3) is 5.91 Å². The minimum atomic E-state index is -0.449. The number of carbonyl (C=O) groups is 1. The largest absolute Gasteiger partial charge is 0.479 e. The quantitative estimate of drug-likeness (QED) is 0.640. The summed E-state index contributed by atoms with van der Waals surface area (Å²) in [5.41, 5.74) is 3.55. The molecule has 5 nitrogen and oxygen atoms in total. The van der Waals surface area contributed by atoms with Crippen LogP contribution in [0.15, 0.2) is 48.0 Å². The van der Waals surface area contributed by atoms with Crippen LogP contribution >= 0.6 is 11.3 Å². The number of anilines is 1. The topological polar surface area (TPSA) is 55.3 Å². The third kappa shape index (κ3) is 3.45. The molecular formula is C21H21N3O2S. The van der Waals surface area contributed by atoms with Crippen molar-refractivity contribution >= 4 is 22.9 Å². The Morgan fingerprint density at radius 2 is 2.11 bits per heavy atom. The van der Waals surface area contributed by atoms with Crippen LogP contribution in [0.25, 0.3) is 22.0 Å². The lowest BCUT2D eigenvalue weighted by Crippen LogP contribution is -2.44. The summed E-state index contributed by atoms with van der Waals surface area (Å²) in [6, 6.07) is 11.7. The summed E-state index contributed by atoms with van der Waals surface area (Å²) in [6.45, 7) is 4.63. The number of thiazole rings is 1. The maximum Gasteiger partial charge on any atom is 0.267 e. The SMILES string of the molecule is CCCCN1C(=O)C(C)Oc2ccc(-c3csc(-c4ccccn4)n3)cc21. The fraction of sp³-hybridized carbons (Fsp3) is 0.286. The Hall–Kier alpha value is -2.73. The molecule has 0 saturated carbocycles. The van der Waals surface area contributed by atoms with Crippen LogP contribution in [-0.2, 0) is 4.79 Å². The van der Waals surface area contributed by atoms with E-state index < -0.39 is 6.10 Å². The first-order valence-corrected chi connectivity index (χ1v) is 10.0. The molecule has 0 radical (unpaired) electrons. The highest BCUT2D eigenvalue weighted by Gasteiger charge is 2.31. The lowest BCUT2D eigenvalue weighted by molar-refractivity contribution is -0.125. The number of ether oxygens (including phenoxy) is 1. The summed E-state index contributed by atoms with van der Waals surface area (Å²) < 4.78 is 5.80. The molecular weight excluding hydrogens is 358 g/mol. The molecule has 1 atom stereocenters. The Balaban J connectivity index is 1.69. The fourth-order valence-electron chi connectivity index (χ4n) is 3.13. The zero-order chi connectivity index (χ0) is 18.8. The first-order valence-electron chi connectivity index (χ1n) is 9.16. The average Bonchev–Trinajstić information content (AvgIpc) is 3.19. The maximum absolute atomic E-state index is 12.6. The van der Waals surface area contributed by atoms with Gasteiger partial charge in [0.1, 0.15) is 10.8 Å². The summed E-state index contributed by atoms with van der Waals surface area (Å²) in [7, 11) is 0. The van der Waals surface area contributed by atoms with Crippen LogP contribution in [-0.4, -0.2) is 28.5 Å². The van der Waals surface area contributed by atoms with Crippen molar-refractivity contribution in [2.45, 2.75) is 32.8 Å². The maximum atomic E-state index is 12.6. The lowest BCUT2D eigenvalue weighted by atomic mass is 10.1. The Bertz CT molecular complexity index is 955. The van der Waals surface area contributed by atoms with Gasteiger partial charge in [0.2, 0.25) is 0 Å². The van der Waals surface area contributed by atoms with Crippen molar-refractivity contribution in [1.82, 2.24) is 9.97 Å². The molecule has 0 aliphatic carbocycles. The standard InChI is InChI=1S/C21H21N3O2S/c1-3-4-11-24-18-12-15(8-9-19(18)26-14(2)21(24)25)17-13-27-20(23-17)16-7-5-6-10-22-16/h5-10,12-14H,3-4,11H2,1-2H3. The van der Waals surface area contributed by atoms with Crippen LogP contribution in [0.2, 0.25) is 0 Å². The number of benzene rings is 1. The Morgan fingerprint density at radius 3 is 2.89 bits per heavy atom. The third-order valence-electron chi connectivity index (χ3n) is 4.59. The van der Waals surface area contributed by atoms with E-state index in [-0.39, 0.29) is 5.91 Å². The van der Waals surface area contributed by atoms with E-state index in [0.29, 0.717) is 6.54 Å². The van der Waals surface area contributed by atoms with Crippen LogP contribution in [0.3, 0.4) is 0 Å². The van der Waals surface area contributed by atoms with Gasteiger partial charge in [-0.05, 0) is 43.7 Å². The minimum Gasteiger partial charge on any atom is -0.479 e. The van der Waals surface area contributed by atoms with E-state index in [0.717, 1.165) is 46.2 Å². The summed E-state index contributed by atoms with van der Waals surface area (Å²) in [6.07, 6.45) is 3.32. The van der Waals surface area contributed by atoms with Gasteiger partial charge in [0.05, 0.1) is 17.1 Å². The van der Waals surface area contributed by atoms with E-state index in [9.17, 15) is 4.79 Å². The molecule has 1 aliphatic heterocycles. The number of hydrogen-bond acceptors (Lipinski definition) is 5. The Morgan fingerprint density at radius 1 is 1.22 bits per heavy atom. The van der Waals surface area contributed by atoms with Crippen LogP contribution in [0.1, 0.15) is 26.7 Å². The fourth-order valence-corrected chi connectivity index (χ4v) is 3.93. The Kier molecular flexibility index (Phi) is 4.90. The molecule has 138 valence electrons. The van der Waals surface area contributed by atoms with Gasteiger partial charge in [-0.2, -0.15) is 0 Å². The first-order chi connectivity index (χ1) is 13.2. The summed E-state index contributed by atoms with van der Waals surface area (Å²) in [5.74, 6) is 0.766. The van der Waals surface area contributed by atoms with Crippen LogP contribution in [0.5, 0.6) is 5.75 Å².